The van der Waals surface area contributed by atoms with Crippen LogP contribution in [0, 0.1) is 0 Å². The SMILES string of the molecule is COc1ccc(/C=C/C(=O)Oc2ccc3c(=O)c(Oc4ccccc4C(C)C)c(C(F)(F)F)oc3c2)cc1OC. The van der Waals surface area contributed by atoms with E-state index in [1.165, 1.54) is 38.5 Å². The lowest BCUT2D eigenvalue weighted by Gasteiger charge is -2.16. The molecule has 0 radical (unpaired) electrons. The third-order valence-corrected chi connectivity index (χ3v) is 5.87. The van der Waals surface area contributed by atoms with Gasteiger partial charge in [0.2, 0.25) is 11.2 Å². The van der Waals surface area contributed by atoms with Gasteiger partial charge in [-0.1, -0.05) is 38.1 Å². The molecular formula is C30H25F3O7. The normalized spacial score (nSPS) is 11.7. The van der Waals surface area contributed by atoms with Crippen LogP contribution in [0.1, 0.15) is 36.7 Å². The van der Waals surface area contributed by atoms with Gasteiger partial charge in [0, 0.05) is 12.1 Å². The van der Waals surface area contributed by atoms with Crippen molar-refractivity contribution >= 4 is 23.0 Å². The first-order valence-electron chi connectivity index (χ1n) is 12.1. The van der Waals surface area contributed by atoms with E-state index in [1.54, 1.807) is 36.4 Å². The van der Waals surface area contributed by atoms with E-state index in [0.29, 0.717) is 22.6 Å². The fourth-order valence-electron chi connectivity index (χ4n) is 3.93. The molecule has 208 valence electrons. The predicted molar refractivity (Wildman–Crippen MR) is 142 cm³/mol. The number of hydrogen-bond donors (Lipinski definition) is 0. The number of ether oxygens (including phenoxy) is 4. The fraction of sp³-hybridized carbons (Fsp3) is 0.200. The lowest BCUT2D eigenvalue weighted by atomic mass is 10.0. The molecule has 4 rings (SSSR count). The minimum absolute atomic E-state index is 0.0731. The van der Waals surface area contributed by atoms with E-state index >= 15 is 0 Å². The van der Waals surface area contributed by atoms with Crippen molar-refractivity contribution in [1.82, 2.24) is 0 Å². The van der Waals surface area contributed by atoms with Gasteiger partial charge in [-0.05, 0) is 53.5 Å². The van der Waals surface area contributed by atoms with Crippen molar-refractivity contribution in [2.45, 2.75) is 25.9 Å². The van der Waals surface area contributed by atoms with E-state index in [2.05, 4.69) is 0 Å². The summed E-state index contributed by atoms with van der Waals surface area (Å²) in [6, 6.07) is 15.0. The van der Waals surface area contributed by atoms with Gasteiger partial charge in [0.15, 0.2) is 11.5 Å². The monoisotopic (exact) mass is 554 g/mol. The van der Waals surface area contributed by atoms with E-state index in [4.69, 9.17) is 23.4 Å². The zero-order chi connectivity index (χ0) is 29.0. The summed E-state index contributed by atoms with van der Waals surface area (Å²) in [6.07, 6.45) is -2.44. The second-order valence-corrected chi connectivity index (χ2v) is 8.91. The number of para-hydroxylation sites is 1. The lowest BCUT2D eigenvalue weighted by molar-refractivity contribution is -0.154. The fourth-order valence-corrected chi connectivity index (χ4v) is 3.93. The second kappa shape index (κ2) is 11.6. The van der Waals surface area contributed by atoms with E-state index < -0.39 is 34.7 Å². The van der Waals surface area contributed by atoms with E-state index in [1.807, 2.05) is 13.8 Å². The molecule has 0 unspecified atom stereocenters. The number of halogens is 3. The zero-order valence-electron chi connectivity index (χ0n) is 22.0. The Morgan fingerprint density at radius 1 is 0.925 bits per heavy atom. The maximum atomic E-state index is 14.0. The van der Waals surface area contributed by atoms with Crippen LogP contribution in [0.25, 0.3) is 17.0 Å². The Balaban J connectivity index is 1.65. The standard InChI is InChI=1S/C30H25F3O7/c1-17(2)20-7-5-6-8-22(20)39-28-27(35)21-12-11-19(16-24(21)40-29(28)30(31,32)33)38-26(34)14-10-18-9-13-23(36-3)25(15-18)37-4/h5-17H,1-4H3/b14-10+. The number of benzene rings is 3. The van der Waals surface area contributed by atoms with Gasteiger partial charge in [-0.25, -0.2) is 4.79 Å². The molecule has 0 aliphatic carbocycles. The molecule has 0 atom stereocenters. The number of esters is 1. The highest BCUT2D eigenvalue weighted by Crippen LogP contribution is 2.40. The molecule has 7 nitrogen and oxygen atoms in total. The molecule has 0 bridgehead atoms. The van der Waals surface area contributed by atoms with Crippen LogP contribution < -0.4 is 24.4 Å². The van der Waals surface area contributed by atoms with Crippen molar-refractivity contribution in [3.8, 4) is 28.7 Å². The number of hydrogen-bond acceptors (Lipinski definition) is 7. The number of fused-ring (bicyclic) bond motifs is 1. The molecule has 0 fully saturated rings. The number of rotatable bonds is 8. The van der Waals surface area contributed by atoms with Crippen molar-refractivity contribution in [2.24, 2.45) is 0 Å². The largest absolute Gasteiger partial charge is 0.493 e. The number of carbonyl (C=O) groups is 1. The van der Waals surface area contributed by atoms with Gasteiger partial charge >= 0.3 is 12.1 Å². The highest BCUT2D eigenvalue weighted by atomic mass is 19.4. The Morgan fingerprint density at radius 3 is 2.33 bits per heavy atom. The highest BCUT2D eigenvalue weighted by molar-refractivity contribution is 5.89. The average molecular weight is 555 g/mol. The van der Waals surface area contributed by atoms with Gasteiger partial charge in [-0.15, -0.1) is 0 Å². The molecule has 0 spiro atoms. The molecule has 3 aromatic carbocycles. The third-order valence-electron chi connectivity index (χ3n) is 5.87. The molecule has 1 aromatic heterocycles. The van der Waals surface area contributed by atoms with Crippen LogP contribution in [0.4, 0.5) is 13.2 Å². The predicted octanol–water partition coefficient (Wildman–Crippen LogP) is 7.36. The molecule has 0 N–H and O–H groups in total. The number of methoxy groups -OCH3 is 2. The van der Waals surface area contributed by atoms with Crippen LogP contribution in [-0.2, 0) is 11.0 Å². The summed E-state index contributed by atoms with van der Waals surface area (Å²) in [4.78, 5) is 25.5. The first-order chi connectivity index (χ1) is 19.0. The minimum Gasteiger partial charge on any atom is -0.493 e. The Hall–Kier alpha value is -4.73. The molecule has 0 aliphatic heterocycles. The van der Waals surface area contributed by atoms with Crippen LogP contribution in [0.5, 0.6) is 28.7 Å². The lowest BCUT2D eigenvalue weighted by Crippen LogP contribution is -2.16. The van der Waals surface area contributed by atoms with Crippen LogP contribution in [-0.4, -0.2) is 20.2 Å². The summed E-state index contributed by atoms with van der Waals surface area (Å²) < 4.78 is 68.2. The topological polar surface area (TPSA) is 84.2 Å². The Morgan fingerprint density at radius 2 is 1.65 bits per heavy atom. The summed E-state index contributed by atoms with van der Waals surface area (Å²) in [5, 5.41) is -0.175. The number of carbonyl (C=O) groups excluding carboxylic acids is 1. The summed E-state index contributed by atoms with van der Waals surface area (Å²) in [7, 11) is 2.97. The molecule has 1 heterocycles. The molecule has 0 amide bonds. The van der Waals surface area contributed by atoms with Crippen LogP contribution in [0.2, 0.25) is 0 Å². The third kappa shape index (κ3) is 6.12. The van der Waals surface area contributed by atoms with Gasteiger partial charge in [-0.3, -0.25) is 4.79 Å². The van der Waals surface area contributed by atoms with Crippen molar-refractivity contribution in [3.63, 3.8) is 0 Å². The van der Waals surface area contributed by atoms with E-state index in [-0.39, 0.29) is 22.8 Å². The van der Waals surface area contributed by atoms with Crippen molar-refractivity contribution in [1.29, 1.82) is 0 Å². The van der Waals surface area contributed by atoms with Crippen molar-refractivity contribution < 1.29 is 41.3 Å². The number of alkyl halides is 3. The Kier molecular flexibility index (Phi) is 8.18. The molecule has 40 heavy (non-hydrogen) atoms. The smallest absolute Gasteiger partial charge is 0.453 e. The van der Waals surface area contributed by atoms with E-state index in [0.717, 1.165) is 12.1 Å². The summed E-state index contributed by atoms with van der Waals surface area (Å²) in [6.45, 7) is 3.70. The van der Waals surface area contributed by atoms with Crippen LogP contribution in [0.3, 0.4) is 0 Å². The Bertz CT molecular complexity index is 1640. The van der Waals surface area contributed by atoms with Gasteiger partial charge < -0.3 is 23.4 Å². The molecule has 0 saturated carbocycles. The van der Waals surface area contributed by atoms with Crippen LogP contribution in [0.15, 0.2) is 76.0 Å². The summed E-state index contributed by atoms with van der Waals surface area (Å²) >= 11 is 0. The first-order valence-corrected chi connectivity index (χ1v) is 12.1. The maximum Gasteiger partial charge on any atom is 0.453 e. The van der Waals surface area contributed by atoms with E-state index in [9.17, 15) is 22.8 Å². The minimum atomic E-state index is -5.04. The van der Waals surface area contributed by atoms with Gasteiger partial charge in [0.05, 0.1) is 19.6 Å². The van der Waals surface area contributed by atoms with Crippen molar-refractivity contribution in [2.75, 3.05) is 14.2 Å². The molecular weight excluding hydrogens is 529 g/mol. The summed E-state index contributed by atoms with van der Waals surface area (Å²) in [5.74, 6) is -2.49. The van der Waals surface area contributed by atoms with Gasteiger partial charge in [0.25, 0.3) is 5.76 Å². The maximum absolute atomic E-state index is 14.0. The molecule has 4 aromatic rings. The quantitative estimate of drug-likeness (QED) is 0.128. The molecule has 0 aliphatic rings. The first kappa shape index (κ1) is 28.3. The summed E-state index contributed by atoms with van der Waals surface area (Å²) in [5.41, 5.74) is -0.201. The van der Waals surface area contributed by atoms with Gasteiger partial charge in [-0.2, -0.15) is 13.2 Å². The zero-order valence-corrected chi connectivity index (χ0v) is 22.0. The Labute approximate surface area is 227 Å². The van der Waals surface area contributed by atoms with Crippen molar-refractivity contribution in [3.05, 3.63) is 93.9 Å². The van der Waals surface area contributed by atoms with Gasteiger partial charge in [0.1, 0.15) is 17.1 Å². The molecule has 0 saturated heterocycles. The average Bonchev–Trinajstić information content (AvgIpc) is 2.92. The molecule has 10 heteroatoms. The highest BCUT2D eigenvalue weighted by Gasteiger charge is 2.40. The van der Waals surface area contributed by atoms with Crippen LogP contribution >= 0.6 is 0 Å². The second-order valence-electron chi connectivity index (χ2n) is 8.91.